The van der Waals surface area contributed by atoms with E-state index in [9.17, 15) is 4.79 Å². The van der Waals surface area contributed by atoms with Crippen LogP contribution in [0.4, 0.5) is 0 Å². The molecule has 0 N–H and O–H groups in total. The van der Waals surface area contributed by atoms with Gasteiger partial charge in [0.25, 0.3) is 5.70 Å². The first-order valence-electron chi connectivity index (χ1n) is 6.28. The molecule has 0 aliphatic heterocycles. The topological polar surface area (TPSA) is 45.2 Å². The molecule has 1 aromatic carbocycles. The minimum absolute atomic E-state index is 0.0289. The number of benzene rings is 1. The molecule has 1 aliphatic carbocycles. The van der Waals surface area contributed by atoms with E-state index in [4.69, 9.17) is 11.8 Å². The van der Waals surface area contributed by atoms with Crippen molar-refractivity contribution in [3.05, 3.63) is 64.2 Å². The molecule has 0 spiro atoms. The summed E-state index contributed by atoms with van der Waals surface area (Å²) in [6.45, 7) is 13.1. The number of ketones is 1. The van der Waals surface area contributed by atoms with Crippen LogP contribution in [0.3, 0.4) is 0 Å². The zero-order valence-electron chi connectivity index (χ0n) is 11.7. The maximum Gasteiger partial charge on any atom is 0.270 e. The lowest BCUT2D eigenvalue weighted by molar-refractivity contribution is 0.104. The summed E-state index contributed by atoms with van der Waals surface area (Å²) in [6, 6.07) is 9.03. The number of hydrogen-bond acceptors (Lipinski definition) is 2. The molecule has 1 aliphatic rings. The van der Waals surface area contributed by atoms with Gasteiger partial charge in [-0.15, -0.1) is 0 Å². The van der Waals surface area contributed by atoms with Crippen molar-refractivity contribution in [2.45, 2.75) is 20.8 Å². The second-order valence-corrected chi connectivity index (χ2v) is 5.75. The van der Waals surface area contributed by atoms with Gasteiger partial charge in [0.2, 0.25) is 0 Å². The molecule has 0 amide bonds. The van der Waals surface area contributed by atoms with Gasteiger partial charge in [-0.05, 0) is 11.0 Å². The van der Waals surface area contributed by atoms with Crippen molar-refractivity contribution in [3.63, 3.8) is 0 Å². The van der Waals surface area contributed by atoms with Gasteiger partial charge in [0.1, 0.15) is 0 Å². The van der Waals surface area contributed by atoms with Crippen LogP contribution >= 0.6 is 0 Å². The summed E-state index contributed by atoms with van der Waals surface area (Å²) in [7, 11) is 0. The minimum atomic E-state index is -0.207. The van der Waals surface area contributed by atoms with E-state index in [1.54, 1.807) is 18.2 Å². The van der Waals surface area contributed by atoms with Crippen LogP contribution in [0, 0.1) is 23.3 Å². The SMILES string of the molecule is [C-]#[N+]/C(C#N)=C1/C(=C/C(C)(C)C)C(=O)c2ccccc21. The summed E-state index contributed by atoms with van der Waals surface area (Å²) in [5, 5.41) is 9.15. The van der Waals surface area contributed by atoms with E-state index < -0.39 is 0 Å². The average Bonchev–Trinajstić information content (AvgIpc) is 2.65. The second-order valence-electron chi connectivity index (χ2n) is 5.75. The first kappa shape index (κ1) is 13.8. The zero-order chi connectivity index (χ0) is 14.9. The third kappa shape index (κ3) is 2.27. The first-order chi connectivity index (χ1) is 9.39. The quantitative estimate of drug-likeness (QED) is 0.403. The molecule has 98 valence electrons. The fourth-order valence-corrected chi connectivity index (χ4v) is 2.27. The first-order valence-corrected chi connectivity index (χ1v) is 6.28. The van der Waals surface area contributed by atoms with Crippen molar-refractivity contribution in [3.8, 4) is 6.07 Å². The molecule has 0 aromatic heterocycles. The number of carbonyl (C=O) groups excluding carboxylic acids is 1. The summed E-state index contributed by atoms with van der Waals surface area (Å²) in [5.41, 5.74) is 1.94. The number of nitriles is 1. The summed E-state index contributed by atoms with van der Waals surface area (Å²) >= 11 is 0. The van der Waals surface area contributed by atoms with Crippen LogP contribution in [0.1, 0.15) is 36.7 Å². The van der Waals surface area contributed by atoms with Gasteiger partial charge in [0.15, 0.2) is 5.78 Å². The number of carbonyl (C=O) groups is 1. The molecular weight excluding hydrogens is 248 g/mol. The lowest BCUT2D eigenvalue weighted by Crippen LogP contribution is -2.05. The largest absolute Gasteiger partial charge is 0.289 e. The Hall–Kier alpha value is -2.65. The Morgan fingerprint density at radius 2 is 1.90 bits per heavy atom. The van der Waals surface area contributed by atoms with Crippen molar-refractivity contribution < 1.29 is 4.79 Å². The molecule has 0 saturated heterocycles. The molecule has 2 rings (SSSR count). The number of nitrogens with zero attached hydrogens (tertiary/aromatic N) is 2. The van der Waals surface area contributed by atoms with Crippen LogP contribution in [-0.4, -0.2) is 5.78 Å². The van der Waals surface area contributed by atoms with Crippen LogP contribution in [0.25, 0.3) is 10.4 Å². The van der Waals surface area contributed by atoms with Crippen LogP contribution in [0.15, 0.2) is 41.6 Å². The molecule has 0 heterocycles. The van der Waals surface area contributed by atoms with Gasteiger partial charge in [0.05, 0.1) is 12.6 Å². The van der Waals surface area contributed by atoms with Gasteiger partial charge in [-0.1, -0.05) is 51.1 Å². The average molecular weight is 262 g/mol. The van der Waals surface area contributed by atoms with E-state index in [1.807, 2.05) is 39.0 Å². The molecule has 20 heavy (non-hydrogen) atoms. The van der Waals surface area contributed by atoms with E-state index in [-0.39, 0.29) is 16.9 Å². The zero-order valence-corrected chi connectivity index (χ0v) is 11.7. The van der Waals surface area contributed by atoms with E-state index in [0.717, 1.165) is 0 Å². The maximum absolute atomic E-state index is 12.5. The Morgan fingerprint density at radius 1 is 1.30 bits per heavy atom. The molecule has 3 nitrogen and oxygen atoms in total. The van der Waals surface area contributed by atoms with Gasteiger partial charge in [-0.2, -0.15) is 0 Å². The predicted octanol–water partition coefficient (Wildman–Crippen LogP) is 4.01. The second kappa shape index (κ2) is 4.79. The van der Waals surface area contributed by atoms with Crippen molar-refractivity contribution in [2.24, 2.45) is 5.41 Å². The van der Waals surface area contributed by atoms with Crippen LogP contribution in [0.5, 0.6) is 0 Å². The van der Waals surface area contributed by atoms with E-state index in [0.29, 0.717) is 22.3 Å². The van der Waals surface area contributed by atoms with Gasteiger partial charge < -0.3 is 0 Å². The number of rotatable bonds is 0. The Kier molecular flexibility index (Phi) is 3.30. The molecule has 0 radical (unpaired) electrons. The Balaban J connectivity index is 2.83. The highest BCUT2D eigenvalue weighted by atomic mass is 16.1. The Labute approximate surface area is 118 Å². The van der Waals surface area contributed by atoms with Crippen LogP contribution in [0.2, 0.25) is 0 Å². The van der Waals surface area contributed by atoms with Crippen molar-refractivity contribution in [2.75, 3.05) is 0 Å². The van der Waals surface area contributed by atoms with Crippen molar-refractivity contribution in [1.29, 1.82) is 5.26 Å². The normalized spacial score (nSPS) is 18.4. The van der Waals surface area contributed by atoms with Gasteiger partial charge in [0, 0.05) is 16.7 Å². The van der Waals surface area contributed by atoms with E-state index >= 15 is 0 Å². The smallest absolute Gasteiger partial charge is 0.270 e. The van der Waals surface area contributed by atoms with Crippen LogP contribution in [-0.2, 0) is 0 Å². The third-order valence-electron chi connectivity index (χ3n) is 2.99. The predicted molar refractivity (Wildman–Crippen MR) is 77.4 cm³/mol. The van der Waals surface area contributed by atoms with Gasteiger partial charge >= 0.3 is 0 Å². The molecule has 0 fully saturated rings. The molecule has 0 atom stereocenters. The van der Waals surface area contributed by atoms with E-state index in [1.165, 1.54) is 0 Å². The molecular formula is C17H14N2O. The standard InChI is InChI=1S/C17H14N2O/c1-17(2,3)9-13-15(14(10-18)19-4)11-7-5-6-8-12(11)16(13)20/h5-9H,1-3H3/b13-9-,15-14+. The molecule has 0 bridgehead atoms. The number of hydrogen-bond donors (Lipinski definition) is 0. The molecule has 0 saturated carbocycles. The highest BCUT2D eigenvalue weighted by Gasteiger charge is 2.32. The Morgan fingerprint density at radius 3 is 2.40 bits per heavy atom. The maximum atomic E-state index is 12.5. The summed E-state index contributed by atoms with van der Waals surface area (Å²) in [6.07, 6.45) is 1.84. The summed E-state index contributed by atoms with van der Waals surface area (Å²) < 4.78 is 0. The number of Topliss-reactive ketones (excluding diaryl/α,β-unsaturated/α-hetero) is 1. The highest BCUT2D eigenvalue weighted by Crippen LogP contribution is 2.40. The lowest BCUT2D eigenvalue weighted by Gasteiger charge is -2.14. The lowest BCUT2D eigenvalue weighted by atomic mass is 9.90. The van der Waals surface area contributed by atoms with E-state index in [2.05, 4.69) is 4.85 Å². The number of allylic oxidation sites excluding steroid dienone is 4. The minimum Gasteiger partial charge on any atom is -0.289 e. The summed E-state index contributed by atoms with van der Waals surface area (Å²) in [4.78, 5) is 15.8. The number of fused-ring (bicyclic) bond motifs is 1. The molecule has 0 unspecified atom stereocenters. The van der Waals surface area contributed by atoms with Crippen molar-refractivity contribution >= 4 is 11.4 Å². The Bertz CT molecular complexity index is 715. The highest BCUT2D eigenvalue weighted by molar-refractivity contribution is 6.27. The molecule has 1 aromatic rings. The fourth-order valence-electron chi connectivity index (χ4n) is 2.27. The third-order valence-corrected chi connectivity index (χ3v) is 2.99. The summed E-state index contributed by atoms with van der Waals surface area (Å²) in [5.74, 6) is -0.109. The molecule has 3 heteroatoms. The van der Waals surface area contributed by atoms with Gasteiger partial charge in [-0.25, -0.2) is 10.1 Å². The van der Waals surface area contributed by atoms with Crippen molar-refractivity contribution in [1.82, 2.24) is 0 Å². The van der Waals surface area contributed by atoms with Crippen LogP contribution < -0.4 is 0 Å². The monoisotopic (exact) mass is 262 g/mol. The fraction of sp³-hybridized carbons (Fsp3) is 0.235. The van der Waals surface area contributed by atoms with Gasteiger partial charge in [-0.3, -0.25) is 4.79 Å².